The second kappa shape index (κ2) is 4.07. The number of hydrogen-bond acceptors (Lipinski definition) is 3. The molecule has 1 aromatic rings. The molecule has 2 fully saturated rings. The molecule has 2 N–H and O–H groups in total. The zero-order valence-electron chi connectivity index (χ0n) is 9.73. The Labute approximate surface area is 96.2 Å². The van der Waals surface area contributed by atoms with Crippen molar-refractivity contribution in [2.45, 2.75) is 63.3 Å². The average Bonchev–Trinajstić information content (AvgIpc) is 3.08. The van der Waals surface area contributed by atoms with Gasteiger partial charge in [-0.25, -0.2) is 4.68 Å². The summed E-state index contributed by atoms with van der Waals surface area (Å²) in [4.78, 5) is 0. The van der Waals surface area contributed by atoms with Crippen molar-refractivity contribution in [2.24, 2.45) is 0 Å². The predicted octanol–water partition coefficient (Wildman–Crippen LogP) is 2.63. The number of aromatic nitrogens is 3. The van der Waals surface area contributed by atoms with E-state index in [-0.39, 0.29) is 0 Å². The lowest BCUT2D eigenvalue weighted by Crippen LogP contribution is -2.09. The summed E-state index contributed by atoms with van der Waals surface area (Å²) in [5, 5.41) is 8.30. The van der Waals surface area contributed by atoms with Crippen molar-refractivity contribution in [2.75, 3.05) is 5.73 Å². The van der Waals surface area contributed by atoms with Crippen LogP contribution in [0.2, 0.25) is 0 Å². The maximum atomic E-state index is 5.99. The van der Waals surface area contributed by atoms with Crippen molar-refractivity contribution in [1.29, 1.82) is 0 Å². The number of nitrogens with two attached hydrogens (primary N) is 1. The monoisotopic (exact) mass is 220 g/mol. The summed E-state index contributed by atoms with van der Waals surface area (Å²) < 4.78 is 2.12. The van der Waals surface area contributed by atoms with E-state index in [2.05, 4.69) is 15.0 Å². The van der Waals surface area contributed by atoms with Crippen molar-refractivity contribution in [3.63, 3.8) is 0 Å². The number of hydrogen-bond donors (Lipinski definition) is 1. The van der Waals surface area contributed by atoms with Gasteiger partial charge in [0.25, 0.3) is 0 Å². The van der Waals surface area contributed by atoms with Gasteiger partial charge in [0.05, 0.1) is 11.7 Å². The fraction of sp³-hybridized carbons (Fsp3) is 0.833. The smallest absolute Gasteiger partial charge is 0.169 e. The first kappa shape index (κ1) is 10.1. The molecule has 0 spiro atoms. The van der Waals surface area contributed by atoms with Gasteiger partial charge in [0.2, 0.25) is 0 Å². The van der Waals surface area contributed by atoms with E-state index in [9.17, 15) is 0 Å². The van der Waals surface area contributed by atoms with E-state index in [1.54, 1.807) is 0 Å². The second-order valence-electron chi connectivity index (χ2n) is 5.22. The van der Waals surface area contributed by atoms with Crippen molar-refractivity contribution in [3.8, 4) is 0 Å². The minimum absolute atomic E-state index is 0.600. The van der Waals surface area contributed by atoms with E-state index in [0.29, 0.717) is 17.8 Å². The second-order valence-corrected chi connectivity index (χ2v) is 5.22. The summed E-state index contributed by atoms with van der Waals surface area (Å²) in [5.74, 6) is 1.29. The third-order valence-electron chi connectivity index (χ3n) is 3.89. The van der Waals surface area contributed by atoms with Crippen LogP contribution in [0.4, 0.5) is 5.82 Å². The van der Waals surface area contributed by atoms with E-state index < -0.39 is 0 Å². The van der Waals surface area contributed by atoms with Gasteiger partial charge in [0.1, 0.15) is 0 Å². The van der Waals surface area contributed by atoms with E-state index in [0.717, 1.165) is 0 Å². The van der Waals surface area contributed by atoms with Crippen LogP contribution in [-0.4, -0.2) is 15.0 Å². The van der Waals surface area contributed by atoms with Crippen LogP contribution in [0.15, 0.2) is 0 Å². The van der Waals surface area contributed by atoms with Crippen LogP contribution in [0.1, 0.15) is 69.0 Å². The molecule has 4 heteroatoms. The van der Waals surface area contributed by atoms with Crippen LogP contribution >= 0.6 is 0 Å². The van der Waals surface area contributed by atoms with Gasteiger partial charge < -0.3 is 5.73 Å². The van der Waals surface area contributed by atoms with Gasteiger partial charge in [0, 0.05) is 5.92 Å². The largest absolute Gasteiger partial charge is 0.381 e. The van der Waals surface area contributed by atoms with E-state index in [1.165, 1.54) is 57.1 Å². The van der Waals surface area contributed by atoms with Gasteiger partial charge in [-0.2, -0.15) is 0 Å². The molecule has 0 bridgehead atoms. The topological polar surface area (TPSA) is 56.7 Å². The SMILES string of the molecule is Nc1nnn(C2CC2)c1C1CCCCCC1. The molecule has 4 nitrogen and oxygen atoms in total. The van der Waals surface area contributed by atoms with Crippen molar-refractivity contribution in [3.05, 3.63) is 5.69 Å². The van der Waals surface area contributed by atoms with Gasteiger partial charge in [-0.15, -0.1) is 5.10 Å². The molecular weight excluding hydrogens is 200 g/mol. The summed E-state index contributed by atoms with van der Waals surface area (Å²) >= 11 is 0. The Morgan fingerprint density at radius 2 is 1.69 bits per heavy atom. The normalized spacial score (nSPS) is 23.2. The van der Waals surface area contributed by atoms with Crippen molar-refractivity contribution < 1.29 is 0 Å². The molecule has 16 heavy (non-hydrogen) atoms. The Balaban J connectivity index is 1.87. The van der Waals surface area contributed by atoms with E-state index >= 15 is 0 Å². The predicted molar refractivity (Wildman–Crippen MR) is 63.1 cm³/mol. The first-order valence-corrected chi connectivity index (χ1v) is 6.57. The Bertz CT molecular complexity index is 359. The van der Waals surface area contributed by atoms with Gasteiger partial charge in [-0.05, 0) is 25.7 Å². The molecule has 0 amide bonds. The highest BCUT2D eigenvalue weighted by molar-refractivity contribution is 5.36. The third-order valence-corrected chi connectivity index (χ3v) is 3.89. The Hall–Kier alpha value is -1.06. The Morgan fingerprint density at radius 3 is 2.31 bits per heavy atom. The van der Waals surface area contributed by atoms with E-state index in [4.69, 9.17) is 5.73 Å². The van der Waals surface area contributed by atoms with Crippen LogP contribution in [0.3, 0.4) is 0 Å². The first-order valence-electron chi connectivity index (χ1n) is 6.57. The molecule has 0 saturated heterocycles. The summed E-state index contributed by atoms with van der Waals surface area (Å²) in [6.07, 6.45) is 10.5. The fourth-order valence-electron chi connectivity index (χ4n) is 2.85. The van der Waals surface area contributed by atoms with Crippen LogP contribution in [-0.2, 0) is 0 Å². The number of anilines is 1. The van der Waals surface area contributed by atoms with Crippen molar-refractivity contribution in [1.82, 2.24) is 15.0 Å². The maximum Gasteiger partial charge on any atom is 0.169 e. The number of nitrogen functional groups attached to an aromatic ring is 1. The lowest BCUT2D eigenvalue weighted by Gasteiger charge is -2.15. The molecule has 1 aromatic heterocycles. The average molecular weight is 220 g/mol. The lowest BCUT2D eigenvalue weighted by atomic mass is 9.96. The molecule has 1 heterocycles. The zero-order chi connectivity index (χ0) is 11.0. The molecule has 0 atom stereocenters. The lowest BCUT2D eigenvalue weighted by molar-refractivity contribution is 0.506. The van der Waals surface area contributed by atoms with Gasteiger partial charge in [-0.3, -0.25) is 0 Å². The highest BCUT2D eigenvalue weighted by Gasteiger charge is 2.31. The highest BCUT2D eigenvalue weighted by atomic mass is 15.5. The molecule has 2 aliphatic carbocycles. The summed E-state index contributed by atoms with van der Waals surface area (Å²) in [6.45, 7) is 0. The molecule has 0 unspecified atom stereocenters. The molecule has 0 aromatic carbocycles. The van der Waals surface area contributed by atoms with Crippen LogP contribution in [0, 0.1) is 0 Å². The first-order chi connectivity index (χ1) is 7.86. The molecule has 0 radical (unpaired) electrons. The van der Waals surface area contributed by atoms with Gasteiger partial charge in [-0.1, -0.05) is 30.9 Å². The Morgan fingerprint density at radius 1 is 1.00 bits per heavy atom. The minimum Gasteiger partial charge on any atom is -0.381 e. The number of nitrogens with zero attached hydrogens (tertiary/aromatic N) is 3. The van der Waals surface area contributed by atoms with Gasteiger partial charge in [0.15, 0.2) is 5.82 Å². The highest BCUT2D eigenvalue weighted by Crippen LogP contribution is 2.41. The minimum atomic E-state index is 0.600. The van der Waals surface area contributed by atoms with Crippen LogP contribution < -0.4 is 5.73 Å². The molecule has 3 rings (SSSR count). The molecule has 2 saturated carbocycles. The van der Waals surface area contributed by atoms with Crippen molar-refractivity contribution >= 4 is 5.82 Å². The van der Waals surface area contributed by atoms with Gasteiger partial charge >= 0.3 is 0 Å². The molecule has 2 aliphatic rings. The zero-order valence-corrected chi connectivity index (χ0v) is 9.73. The fourth-order valence-corrected chi connectivity index (χ4v) is 2.85. The summed E-state index contributed by atoms with van der Waals surface area (Å²) in [7, 11) is 0. The summed E-state index contributed by atoms with van der Waals surface area (Å²) in [6, 6.07) is 0.600. The third kappa shape index (κ3) is 1.81. The standard InChI is InChI=1S/C12H20N4/c13-12-11(9-5-3-1-2-4-6-9)16(15-14-12)10-7-8-10/h9-10H,1-8,13H2. The summed E-state index contributed by atoms with van der Waals surface area (Å²) in [5.41, 5.74) is 7.23. The molecule has 88 valence electrons. The van der Waals surface area contributed by atoms with Crippen LogP contribution in [0.25, 0.3) is 0 Å². The van der Waals surface area contributed by atoms with Crippen LogP contribution in [0.5, 0.6) is 0 Å². The maximum absolute atomic E-state index is 5.99. The number of rotatable bonds is 2. The van der Waals surface area contributed by atoms with E-state index in [1.807, 2.05) is 0 Å². The molecular formula is C12H20N4. The Kier molecular flexibility index (Phi) is 2.58. The quantitative estimate of drug-likeness (QED) is 0.779. The molecule has 0 aliphatic heterocycles.